The molecule has 1 aliphatic rings. The second-order valence-electron chi connectivity index (χ2n) is 5.59. The molecule has 1 fully saturated rings. The van der Waals surface area contributed by atoms with Gasteiger partial charge in [-0.2, -0.15) is 0 Å². The number of nitrogens with one attached hydrogen (secondary N) is 2. The third-order valence-electron chi connectivity index (χ3n) is 3.92. The van der Waals surface area contributed by atoms with Crippen LogP contribution in [0.5, 0.6) is 0 Å². The number of carbonyl (C=O) groups excluding carboxylic acids is 1. The molecule has 1 aromatic heterocycles. The van der Waals surface area contributed by atoms with Crippen molar-refractivity contribution >= 4 is 16.0 Å². The quantitative estimate of drug-likeness (QED) is 0.505. The van der Waals surface area contributed by atoms with Crippen LogP contribution in [0.15, 0.2) is 15.4 Å². The number of rotatable bonds is 8. The molecule has 1 aromatic rings. The van der Waals surface area contributed by atoms with Gasteiger partial charge >= 0.3 is 5.97 Å². The van der Waals surface area contributed by atoms with E-state index in [4.69, 9.17) is 4.42 Å². The van der Waals surface area contributed by atoms with Crippen molar-refractivity contribution in [2.45, 2.75) is 24.7 Å². The summed E-state index contributed by atoms with van der Waals surface area (Å²) in [5.74, 6) is -0.537. The summed E-state index contributed by atoms with van der Waals surface area (Å²) in [5.41, 5.74) is 0. The van der Waals surface area contributed by atoms with Crippen LogP contribution in [0, 0.1) is 0 Å². The minimum absolute atomic E-state index is 0.00701. The van der Waals surface area contributed by atoms with Crippen molar-refractivity contribution in [3.05, 3.63) is 17.6 Å². The zero-order valence-electron chi connectivity index (χ0n) is 14.1. The Kier molecular flexibility index (Phi) is 6.79. The fourth-order valence-corrected chi connectivity index (χ4v) is 3.93. The van der Waals surface area contributed by atoms with Gasteiger partial charge < -0.3 is 19.4 Å². The SMILES string of the molecule is CCc1oc(C(=O)OC)cc1S(=O)(=O)NCCCN1CCNCC1. The number of piperazine rings is 1. The highest BCUT2D eigenvalue weighted by Crippen LogP contribution is 2.22. The maximum absolute atomic E-state index is 12.4. The Bertz CT molecular complexity index is 650. The van der Waals surface area contributed by atoms with Crippen LogP contribution < -0.4 is 10.0 Å². The molecule has 1 saturated heterocycles. The summed E-state index contributed by atoms with van der Waals surface area (Å²) in [6, 6.07) is 1.23. The zero-order chi connectivity index (χ0) is 17.6. The largest absolute Gasteiger partial charge is 0.463 e. The monoisotopic (exact) mass is 359 g/mol. The van der Waals surface area contributed by atoms with Gasteiger partial charge in [-0.05, 0) is 13.0 Å². The molecule has 0 bridgehead atoms. The van der Waals surface area contributed by atoms with E-state index in [1.807, 2.05) is 0 Å². The summed E-state index contributed by atoms with van der Waals surface area (Å²) >= 11 is 0. The second-order valence-corrected chi connectivity index (χ2v) is 7.32. The van der Waals surface area contributed by atoms with E-state index in [0.717, 1.165) is 39.1 Å². The number of methoxy groups -OCH3 is 1. The Balaban J connectivity index is 1.94. The van der Waals surface area contributed by atoms with Crippen molar-refractivity contribution in [2.24, 2.45) is 0 Å². The van der Waals surface area contributed by atoms with Gasteiger partial charge in [-0.25, -0.2) is 17.9 Å². The number of esters is 1. The molecule has 0 aliphatic carbocycles. The summed E-state index contributed by atoms with van der Waals surface area (Å²) in [7, 11) is -2.49. The van der Waals surface area contributed by atoms with E-state index in [1.165, 1.54) is 13.2 Å². The summed E-state index contributed by atoms with van der Waals surface area (Å²) in [5, 5.41) is 3.28. The third kappa shape index (κ3) is 4.79. The van der Waals surface area contributed by atoms with Crippen molar-refractivity contribution < 1.29 is 22.4 Å². The van der Waals surface area contributed by atoms with Crippen LogP contribution in [-0.4, -0.2) is 65.7 Å². The lowest BCUT2D eigenvalue weighted by molar-refractivity contribution is 0.0563. The highest BCUT2D eigenvalue weighted by Gasteiger charge is 2.25. The molecule has 8 nitrogen and oxygen atoms in total. The minimum atomic E-state index is -3.71. The summed E-state index contributed by atoms with van der Waals surface area (Å²) < 4.78 is 37.3. The van der Waals surface area contributed by atoms with Gasteiger partial charge in [-0.3, -0.25) is 0 Å². The highest BCUT2D eigenvalue weighted by molar-refractivity contribution is 7.89. The number of aryl methyl sites for hydroxylation is 1. The molecular weight excluding hydrogens is 334 g/mol. The molecule has 1 aliphatic heterocycles. The van der Waals surface area contributed by atoms with Crippen LogP contribution in [0.3, 0.4) is 0 Å². The van der Waals surface area contributed by atoms with Crippen LogP contribution in [0.1, 0.15) is 29.7 Å². The van der Waals surface area contributed by atoms with E-state index in [9.17, 15) is 13.2 Å². The first-order valence-corrected chi connectivity index (χ1v) is 9.60. The average Bonchev–Trinajstić information content (AvgIpc) is 3.04. The maximum Gasteiger partial charge on any atom is 0.373 e. The summed E-state index contributed by atoms with van der Waals surface area (Å²) in [6.07, 6.45) is 1.09. The molecule has 0 atom stereocenters. The lowest BCUT2D eigenvalue weighted by atomic mass is 10.3. The van der Waals surface area contributed by atoms with E-state index in [0.29, 0.717) is 13.0 Å². The smallest absolute Gasteiger partial charge is 0.373 e. The van der Waals surface area contributed by atoms with E-state index < -0.39 is 16.0 Å². The molecule has 24 heavy (non-hydrogen) atoms. The molecule has 2 heterocycles. The molecule has 0 spiro atoms. The number of carbonyl (C=O) groups is 1. The lowest BCUT2D eigenvalue weighted by Gasteiger charge is -2.27. The van der Waals surface area contributed by atoms with Gasteiger partial charge in [0.1, 0.15) is 10.7 Å². The molecule has 0 amide bonds. The van der Waals surface area contributed by atoms with Crippen molar-refractivity contribution in [1.82, 2.24) is 14.9 Å². The molecule has 2 rings (SSSR count). The Morgan fingerprint density at radius 3 is 2.75 bits per heavy atom. The van der Waals surface area contributed by atoms with Gasteiger partial charge in [0, 0.05) is 45.2 Å². The van der Waals surface area contributed by atoms with Gasteiger partial charge in [0.2, 0.25) is 15.8 Å². The minimum Gasteiger partial charge on any atom is -0.463 e. The average molecular weight is 359 g/mol. The van der Waals surface area contributed by atoms with Gasteiger partial charge in [-0.1, -0.05) is 6.92 Å². The normalized spacial score (nSPS) is 16.2. The first-order chi connectivity index (χ1) is 11.5. The first-order valence-electron chi connectivity index (χ1n) is 8.11. The second kappa shape index (κ2) is 8.61. The first kappa shape index (κ1) is 18.9. The van der Waals surface area contributed by atoms with E-state index in [-0.39, 0.29) is 16.4 Å². The number of nitrogens with zero attached hydrogens (tertiary/aromatic N) is 1. The maximum atomic E-state index is 12.4. The molecule has 9 heteroatoms. The molecule has 0 unspecified atom stereocenters. The van der Waals surface area contributed by atoms with Crippen LogP contribution in [0.25, 0.3) is 0 Å². The van der Waals surface area contributed by atoms with E-state index in [1.54, 1.807) is 6.92 Å². The Labute approximate surface area is 142 Å². The fraction of sp³-hybridized carbons (Fsp3) is 0.667. The van der Waals surface area contributed by atoms with Crippen LogP contribution in [-0.2, 0) is 21.2 Å². The summed E-state index contributed by atoms with van der Waals surface area (Å²) in [6.45, 7) is 6.86. The predicted octanol–water partition coefficient (Wildman–Crippen LogP) is 0.202. The van der Waals surface area contributed by atoms with E-state index >= 15 is 0 Å². The Morgan fingerprint density at radius 2 is 2.12 bits per heavy atom. The van der Waals surface area contributed by atoms with Crippen molar-refractivity contribution in [1.29, 1.82) is 0 Å². The van der Waals surface area contributed by atoms with Gasteiger partial charge in [0.05, 0.1) is 7.11 Å². The highest BCUT2D eigenvalue weighted by atomic mass is 32.2. The Morgan fingerprint density at radius 1 is 1.42 bits per heavy atom. The Hall–Kier alpha value is -1.42. The molecule has 0 radical (unpaired) electrons. The number of hydrogen-bond acceptors (Lipinski definition) is 7. The van der Waals surface area contributed by atoms with Gasteiger partial charge in [0.25, 0.3) is 0 Å². The molecular formula is C15H25N3O5S. The van der Waals surface area contributed by atoms with E-state index in [2.05, 4.69) is 19.7 Å². The zero-order valence-corrected chi connectivity index (χ0v) is 14.9. The lowest BCUT2D eigenvalue weighted by Crippen LogP contribution is -2.44. The number of sulfonamides is 1. The van der Waals surface area contributed by atoms with Gasteiger partial charge in [0.15, 0.2) is 0 Å². The van der Waals surface area contributed by atoms with Crippen molar-refractivity contribution in [3.8, 4) is 0 Å². The molecule has 2 N–H and O–H groups in total. The number of hydrogen-bond donors (Lipinski definition) is 2. The topological polar surface area (TPSA) is 101 Å². The van der Waals surface area contributed by atoms with Crippen LogP contribution >= 0.6 is 0 Å². The van der Waals surface area contributed by atoms with Crippen molar-refractivity contribution in [3.63, 3.8) is 0 Å². The van der Waals surface area contributed by atoms with Crippen molar-refractivity contribution in [2.75, 3.05) is 46.4 Å². The van der Waals surface area contributed by atoms with Gasteiger partial charge in [-0.15, -0.1) is 0 Å². The molecule has 0 aromatic carbocycles. The van der Waals surface area contributed by atoms with Crippen LogP contribution in [0.2, 0.25) is 0 Å². The molecule has 0 saturated carbocycles. The third-order valence-corrected chi connectivity index (χ3v) is 5.43. The number of ether oxygens (including phenoxy) is 1. The summed E-state index contributed by atoms with van der Waals surface area (Å²) in [4.78, 5) is 13.8. The number of furan rings is 1. The fourth-order valence-electron chi connectivity index (χ4n) is 2.61. The predicted molar refractivity (Wildman–Crippen MR) is 88.5 cm³/mol. The standard InChI is InChI=1S/C15H25N3O5S/c1-3-12-14(11-13(23-12)15(19)22-2)24(20,21)17-5-4-8-18-9-6-16-7-10-18/h11,16-17H,3-10H2,1-2H3. The molecule has 136 valence electrons. The van der Waals surface area contributed by atoms with Crippen LogP contribution in [0.4, 0.5) is 0 Å².